The van der Waals surface area contributed by atoms with Crippen molar-refractivity contribution in [1.82, 2.24) is 14.5 Å². The molecule has 0 unspecified atom stereocenters. The molecule has 0 radical (unpaired) electrons. The molecule has 6 aromatic rings. The van der Waals surface area contributed by atoms with Gasteiger partial charge in [0.15, 0.2) is 0 Å². The van der Waals surface area contributed by atoms with Gasteiger partial charge in [0.25, 0.3) is 0 Å². The van der Waals surface area contributed by atoms with Crippen LogP contribution in [-0.4, -0.2) is 37.5 Å². The van der Waals surface area contributed by atoms with Crippen LogP contribution in [0.25, 0.3) is 33.1 Å². The Morgan fingerprint density at radius 3 is 2.39 bits per heavy atom. The van der Waals surface area contributed by atoms with Crippen molar-refractivity contribution in [3.63, 3.8) is 0 Å². The number of ether oxygens (including phenoxy) is 2. The van der Waals surface area contributed by atoms with E-state index in [1.54, 1.807) is 57.1 Å². The molecule has 9 heteroatoms. The van der Waals surface area contributed by atoms with Crippen LogP contribution in [0.2, 0.25) is 0 Å². The van der Waals surface area contributed by atoms with Gasteiger partial charge in [0.1, 0.15) is 23.9 Å². The highest BCUT2D eigenvalue weighted by molar-refractivity contribution is 8.00. The molecule has 0 aliphatic rings. The number of aliphatic carboxylic acids is 1. The largest absolute Gasteiger partial charge is 0.497 e. The second-order valence-corrected chi connectivity index (χ2v) is 15.6. The molecule has 6 rings (SSSR count). The van der Waals surface area contributed by atoms with Gasteiger partial charge in [-0.1, -0.05) is 57.2 Å². The molecular formula is C40H40FN3O4S. The summed E-state index contributed by atoms with van der Waals surface area (Å²) in [5.41, 5.74) is 4.85. The van der Waals surface area contributed by atoms with E-state index >= 15 is 0 Å². The number of carboxylic acid groups (broad SMARTS) is 1. The molecule has 0 spiro atoms. The summed E-state index contributed by atoms with van der Waals surface area (Å²) in [6.07, 6.45) is 2.06. The lowest BCUT2D eigenvalue weighted by molar-refractivity contribution is -0.146. The van der Waals surface area contributed by atoms with Gasteiger partial charge < -0.3 is 19.1 Å². The number of carbonyl (C=O) groups is 1. The van der Waals surface area contributed by atoms with E-state index in [9.17, 15) is 14.3 Å². The van der Waals surface area contributed by atoms with E-state index in [4.69, 9.17) is 9.47 Å². The lowest BCUT2D eigenvalue weighted by atomic mass is 9.88. The molecule has 0 fully saturated rings. The number of thioether (sulfide) groups is 1. The van der Waals surface area contributed by atoms with Crippen molar-refractivity contribution < 1.29 is 23.8 Å². The van der Waals surface area contributed by atoms with Crippen molar-refractivity contribution in [3.05, 3.63) is 114 Å². The number of fused-ring (bicyclic) bond motifs is 2. The van der Waals surface area contributed by atoms with Gasteiger partial charge in [0.2, 0.25) is 0 Å². The first-order valence-electron chi connectivity index (χ1n) is 16.2. The Bertz CT molecular complexity index is 2150. The predicted molar refractivity (Wildman–Crippen MR) is 194 cm³/mol. The molecule has 7 nitrogen and oxygen atoms in total. The van der Waals surface area contributed by atoms with E-state index in [0.717, 1.165) is 44.1 Å². The minimum Gasteiger partial charge on any atom is -0.497 e. The number of para-hydroxylation sites is 1. The van der Waals surface area contributed by atoms with E-state index < -0.39 is 11.4 Å². The Labute approximate surface area is 290 Å². The molecule has 1 N–H and O–H groups in total. The molecule has 0 atom stereocenters. The fourth-order valence-corrected chi connectivity index (χ4v) is 6.98. The normalized spacial score (nSPS) is 12.1. The number of halogens is 1. The number of benzene rings is 3. The van der Waals surface area contributed by atoms with Crippen LogP contribution >= 0.6 is 11.8 Å². The first-order valence-corrected chi connectivity index (χ1v) is 17.0. The third kappa shape index (κ3) is 7.57. The number of pyridine rings is 2. The molecule has 0 amide bonds. The molecule has 0 saturated heterocycles. The van der Waals surface area contributed by atoms with Crippen molar-refractivity contribution in [2.24, 2.45) is 5.41 Å². The lowest BCUT2D eigenvalue weighted by Gasteiger charge is -2.24. The number of nitrogens with zero attached hydrogens (tertiary/aromatic N) is 3. The maximum atomic E-state index is 14.8. The monoisotopic (exact) mass is 677 g/mol. The maximum Gasteiger partial charge on any atom is 0.309 e. The van der Waals surface area contributed by atoms with Crippen LogP contribution in [0, 0.1) is 11.2 Å². The molecule has 0 saturated carbocycles. The van der Waals surface area contributed by atoms with Gasteiger partial charge in [-0.15, -0.1) is 11.8 Å². The van der Waals surface area contributed by atoms with E-state index in [2.05, 4.69) is 47.4 Å². The van der Waals surface area contributed by atoms with E-state index in [0.29, 0.717) is 35.3 Å². The average Bonchev–Trinajstić information content (AvgIpc) is 3.33. The highest BCUT2D eigenvalue weighted by Gasteiger charge is 2.33. The van der Waals surface area contributed by atoms with Crippen LogP contribution in [0.15, 0.2) is 96.0 Å². The number of rotatable bonds is 11. The quantitative estimate of drug-likeness (QED) is 0.137. The lowest BCUT2D eigenvalue weighted by Crippen LogP contribution is -2.28. The first-order chi connectivity index (χ1) is 23.3. The number of aromatic nitrogens is 3. The predicted octanol–water partition coefficient (Wildman–Crippen LogP) is 9.57. The maximum absolute atomic E-state index is 14.8. The summed E-state index contributed by atoms with van der Waals surface area (Å²) in [7, 11) is 1.64. The SMILES string of the molecule is COc1ccnc(-c2ccc(Cn3c(CC(C)(C)C(=O)O)c(SC(C)(C)C)c4cc(OCc5cc(F)c6ccccc6n5)ccc43)cc2)c1. The Balaban J connectivity index is 1.40. The summed E-state index contributed by atoms with van der Waals surface area (Å²) < 4.78 is 28.5. The minimum absolute atomic E-state index is 0.100. The van der Waals surface area contributed by atoms with Crippen LogP contribution in [-0.2, 0) is 24.4 Å². The second kappa shape index (κ2) is 13.6. The Hall–Kier alpha value is -4.89. The highest BCUT2D eigenvalue weighted by Crippen LogP contribution is 2.44. The van der Waals surface area contributed by atoms with Crippen LogP contribution < -0.4 is 9.47 Å². The zero-order chi connectivity index (χ0) is 34.9. The molecule has 0 bridgehead atoms. The number of hydrogen-bond donors (Lipinski definition) is 1. The fraction of sp³-hybridized carbons (Fsp3) is 0.275. The summed E-state index contributed by atoms with van der Waals surface area (Å²) >= 11 is 1.72. The van der Waals surface area contributed by atoms with Gasteiger partial charge in [-0.25, -0.2) is 9.37 Å². The molecule has 0 aliphatic heterocycles. The van der Waals surface area contributed by atoms with Crippen molar-refractivity contribution in [2.45, 2.75) is 63.8 Å². The van der Waals surface area contributed by atoms with E-state index in [1.807, 2.05) is 48.5 Å². The Morgan fingerprint density at radius 2 is 1.67 bits per heavy atom. The van der Waals surface area contributed by atoms with Gasteiger partial charge in [0, 0.05) is 62.4 Å². The highest BCUT2D eigenvalue weighted by atomic mass is 32.2. The van der Waals surface area contributed by atoms with Gasteiger partial charge in [-0.3, -0.25) is 9.78 Å². The smallest absolute Gasteiger partial charge is 0.309 e. The topological polar surface area (TPSA) is 86.5 Å². The van der Waals surface area contributed by atoms with Gasteiger partial charge in [0.05, 0.1) is 29.4 Å². The molecule has 3 heterocycles. The Kier molecular flexibility index (Phi) is 9.40. The third-order valence-electron chi connectivity index (χ3n) is 8.35. The Morgan fingerprint density at radius 1 is 0.918 bits per heavy atom. The van der Waals surface area contributed by atoms with Crippen molar-refractivity contribution in [3.8, 4) is 22.8 Å². The molecule has 3 aromatic carbocycles. The summed E-state index contributed by atoms with van der Waals surface area (Å²) in [6, 6.07) is 26.5. The molecular weight excluding hydrogens is 638 g/mol. The van der Waals surface area contributed by atoms with Crippen LogP contribution in [0.1, 0.15) is 51.6 Å². The van der Waals surface area contributed by atoms with Gasteiger partial charge in [-0.05, 0) is 61.9 Å². The summed E-state index contributed by atoms with van der Waals surface area (Å²) in [5.74, 6) is 0.172. The van der Waals surface area contributed by atoms with E-state index in [-0.39, 0.29) is 17.2 Å². The number of carboxylic acids is 1. The van der Waals surface area contributed by atoms with Crippen molar-refractivity contribution in [2.75, 3.05) is 7.11 Å². The standard InChI is InChI=1S/C40H40FN3O4S/c1-39(2,3)49-37-31-20-29(48-24-27-19-32(41)30-9-7-8-10-33(30)43-27)15-16-35(31)44(36(37)22-40(4,5)38(45)46)23-25-11-13-26(14-12-25)34-21-28(47-6)17-18-42-34/h7-21H,22-24H2,1-6H3,(H,45,46). The van der Waals surface area contributed by atoms with Gasteiger partial charge in [-0.2, -0.15) is 0 Å². The minimum atomic E-state index is -1.01. The third-order valence-corrected chi connectivity index (χ3v) is 9.62. The molecule has 49 heavy (non-hydrogen) atoms. The van der Waals surface area contributed by atoms with Crippen LogP contribution in [0.4, 0.5) is 4.39 Å². The van der Waals surface area contributed by atoms with Crippen LogP contribution in [0.3, 0.4) is 0 Å². The van der Waals surface area contributed by atoms with Gasteiger partial charge >= 0.3 is 5.97 Å². The summed E-state index contributed by atoms with van der Waals surface area (Å²) in [5, 5.41) is 11.6. The molecule has 3 aromatic heterocycles. The second-order valence-electron chi connectivity index (χ2n) is 13.8. The number of methoxy groups -OCH3 is 1. The molecule has 252 valence electrons. The zero-order valence-electron chi connectivity index (χ0n) is 28.6. The summed E-state index contributed by atoms with van der Waals surface area (Å²) in [6.45, 7) is 10.6. The number of hydrogen-bond acceptors (Lipinski definition) is 6. The average molecular weight is 678 g/mol. The fourth-order valence-electron chi connectivity index (χ4n) is 5.79. The zero-order valence-corrected chi connectivity index (χ0v) is 29.4. The molecule has 0 aliphatic carbocycles. The summed E-state index contributed by atoms with van der Waals surface area (Å²) in [4.78, 5) is 22.5. The van der Waals surface area contributed by atoms with Crippen LogP contribution in [0.5, 0.6) is 11.5 Å². The first kappa shape index (κ1) is 34.0. The van der Waals surface area contributed by atoms with Crippen molar-refractivity contribution in [1.29, 1.82) is 0 Å². The van der Waals surface area contributed by atoms with Crippen molar-refractivity contribution >= 4 is 39.5 Å². The van der Waals surface area contributed by atoms with E-state index in [1.165, 1.54) is 6.07 Å².